The minimum atomic E-state index is -0.159. The molecule has 2 aromatic heterocycles. The Bertz CT molecular complexity index is 1260. The van der Waals surface area contributed by atoms with E-state index in [0.717, 1.165) is 36.8 Å². The molecule has 1 N–H and O–H groups in total. The standard InChI is InChI=1S/C25H28ClN5OS2/c1-5-25(2,3)15-10-11-16-18(13-27)23(34-20(16)12-15)28-21(32)14-33-24-30-29-22(31(24)4)17-8-6-7-9-19(17)26/h6-9,15H,5,10-12,14H2,1-4H3,(H,28,32). The van der Waals surface area contributed by atoms with Gasteiger partial charge in [0.1, 0.15) is 11.1 Å². The Morgan fingerprint density at radius 1 is 1.38 bits per heavy atom. The molecule has 1 amide bonds. The molecule has 2 heterocycles. The van der Waals surface area contributed by atoms with E-state index in [9.17, 15) is 10.1 Å². The zero-order chi connectivity index (χ0) is 24.5. The predicted molar refractivity (Wildman–Crippen MR) is 139 cm³/mol. The van der Waals surface area contributed by atoms with Gasteiger partial charge in [0.05, 0.1) is 16.3 Å². The molecule has 1 aromatic carbocycles. The number of amides is 1. The van der Waals surface area contributed by atoms with Gasteiger partial charge in [0.2, 0.25) is 5.91 Å². The predicted octanol–water partition coefficient (Wildman–Crippen LogP) is 6.34. The molecule has 0 fully saturated rings. The number of fused-ring (bicyclic) bond motifs is 1. The summed E-state index contributed by atoms with van der Waals surface area (Å²) in [4.78, 5) is 14.0. The summed E-state index contributed by atoms with van der Waals surface area (Å²) >= 11 is 9.16. The number of nitrogens with zero attached hydrogens (tertiary/aromatic N) is 4. The van der Waals surface area contributed by atoms with Gasteiger partial charge in [-0.25, -0.2) is 0 Å². The third-order valence-electron chi connectivity index (χ3n) is 6.93. The van der Waals surface area contributed by atoms with Crippen molar-refractivity contribution in [1.82, 2.24) is 14.8 Å². The van der Waals surface area contributed by atoms with Gasteiger partial charge in [0, 0.05) is 17.5 Å². The number of aromatic nitrogens is 3. The quantitative estimate of drug-likeness (QED) is 0.372. The van der Waals surface area contributed by atoms with E-state index in [4.69, 9.17) is 11.6 Å². The summed E-state index contributed by atoms with van der Waals surface area (Å²) in [5.41, 5.74) is 2.82. The van der Waals surface area contributed by atoms with Crippen molar-refractivity contribution < 1.29 is 4.79 Å². The molecule has 0 saturated heterocycles. The molecule has 1 atom stereocenters. The van der Waals surface area contributed by atoms with Crippen molar-refractivity contribution >= 4 is 45.6 Å². The van der Waals surface area contributed by atoms with E-state index in [1.54, 1.807) is 11.3 Å². The lowest BCUT2D eigenvalue weighted by Gasteiger charge is -2.36. The maximum absolute atomic E-state index is 12.8. The van der Waals surface area contributed by atoms with Crippen molar-refractivity contribution in [3.8, 4) is 17.5 Å². The fourth-order valence-corrected chi connectivity index (χ4v) is 6.58. The van der Waals surface area contributed by atoms with Gasteiger partial charge >= 0.3 is 0 Å². The fraction of sp³-hybridized carbons (Fsp3) is 0.440. The number of benzene rings is 1. The Labute approximate surface area is 213 Å². The first-order valence-electron chi connectivity index (χ1n) is 11.4. The van der Waals surface area contributed by atoms with E-state index in [1.165, 1.54) is 16.6 Å². The number of hydrogen-bond donors (Lipinski definition) is 1. The number of halogens is 1. The molecule has 0 spiro atoms. The van der Waals surface area contributed by atoms with Crippen molar-refractivity contribution in [3.63, 3.8) is 0 Å². The summed E-state index contributed by atoms with van der Waals surface area (Å²) in [6, 6.07) is 9.80. The third-order valence-corrected chi connectivity index (χ3v) is 9.45. The summed E-state index contributed by atoms with van der Waals surface area (Å²) in [6.07, 6.45) is 4.09. The van der Waals surface area contributed by atoms with Crippen molar-refractivity contribution in [2.45, 2.75) is 51.6 Å². The summed E-state index contributed by atoms with van der Waals surface area (Å²) in [7, 11) is 1.86. The number of rotatable bonds is 7. The number of thiophene rings is 1. The highest BCUT2D eigenvalue weighted by Gasteiger charge is 2.34. The van der Waals surface area contributed by atoms with E-state index in [2.05, 4.69) is 42.4 Å². The van der Waals surface area contributed by atoms with Crippen LogP contribution >= 0.6 is 34.7 Å². The van der Waals surface area contributed by atoms with E-state index >= 15 is 0 Å². The number of hydrogen-bond acceptors (Lipinski definition) is 6. The van der Waals surface area contributed by atoms with Gasteiger partial charge in [-0.05, 0) is 48.3 Å². The second-order valence-electron chi connectivity index (χ2n) is 9.28. The van der Waals surface area contributed by atoms with Crippen LogP contribution in [0.25, 0.3) is 11.4 Å². The van der Waals surface area contributed by atoms with Gasteiger partial charge in [-0.1, -0.05) is 62.7 Å². The Morgan fingerprint density at radius 3 is 2.85 bits per heavy atom. The van der Waals surface area contributed by atoms with Crippen LogP contribution in [0.4, 0.5) is 5.00 Å². The number of anilines is 1. The maximum Gasteiger partial charge on any atom is 0.235 e. The minimum absolute atomic E-state index is 0.159. The highest BCUT2D eigenvalue weighted by Crippen LogP contribution is 2.45. The van der Waals surface area contributed by atoms with E-state index in [-0.39, 0.29) is 17.1 Å². The number of thioether (sulfide) groups is 1. The molecule has 3 aromatic rings. The monoisotopic (exact) mass is 513 g/mol. The molecular weight excluding hydrogens is 486 g/mol. The van der Waals surface area contributed by atoms with Crippen LogP contribution in [0.15, 0.2) is 29.4 Å². The van der Waals surface area contributed by atoms with Gasteiger partial charge in [0.25, 0.3) is 0 Å². The molecule has 1 unspecified atom stereocenters. The van der Waals surface area contributed by atoms with Crippen LogP contribution in [0.3, 0.4) is 0 Å². The maximum atomic E-state index is 12.8. The average Bonchev–Trinajstić information content (AvgIpc) is 3.36. The molecule has 4 rings (SSSR count). The van der Waals surface area contributed by atoms with Crippen molar-refractivity contribution in [1.29, 1.82) is 5.26 Å². The lowest BCUT2D eigenvalue weighted by molar-refractivity contribution is -0.113. The van der Waals surface area contributed by atoms with Gasteiger partial charge in [-0.3, -0.25) is 4.79 Å². The number of nitrogens with one attached hydrogen (secondary N) is 1. The third kappa shape index (κ3) is 4.88. The molecular formula is C25H28ClN5OS2. The number of nitriles is 1. The van der Waals surface area contributed by atoms with Crippen LogP contribution in [-0.2, 0) is 24.7 Å². The fourth-order valence-electron chi connectivity index (χ4n) is 4.36. The molecule has 1 aliphatic rings. The zero-order valence-electron chi connectivity index (χ0n) is 19.8. The molecule has 0 saturated carbocycles. The molecule has 9 heteroatoms. The summed E-state index contributed by atoms with van der Waals surface area (Å²) in [5.74, 6) is 1.26. The van der Waals surface area contributed by atoms with Gasteiger partial charge < -0.3 is 9.88 Å². The Morgan fingerprint density at radius 2 is 2.15 bits per heavy atom. The molecule has 178 valence electrons. The topological polar surface area (TPSA) is 83.6 Å². The second kappa shape index (κ2) is 10.1. The summed E-state index contributed by atoms with van der Waals surface area (Å²) in [5, 5.41) is 23.1. The second-order valence-corrected chi connectivity index (χ2v) is 11.7. The summed E-state index contributed by atoms with van der Waals surface area (Å²) in [6.45, 7) is 6.89. The van der Waals surface area contributed by atoms with E-state index in [1.807, 2.05) is 35.9 Å². The highest BCUT2D eigenvalue weighted by atomic mass is 35.5. The van der Waals surface area contributed by atoms with Crippen LogP contribution in [-0.4, -0.2) is 26.4 Å². The lowest BCUT2D eigenvalue weighted by atomic mass is 9.69. The molecule has 1 aliphatic carbocycles. The normalized spacial score (nSPS) is 15.6. The molecule has 34 heavy (non-hydrogen) atoms. The number of carbonyl (C=O) groups excluding carboxylic acids is 1. The van der Waals surface area contributed by atoms with Crippen LogP contribution in [0, 0.1) is 22.7 Å². The summed E-state index contributed by atoms with van der Waals surface area (Å²) < 4.78 is 1.83. The first kappa shape index (κ1) is 24.8. The van der Waals surface area contributed by atoms with Crippen LogP contribution in [0.2, 0.25) is 5.02 Å². The lowest BCUT2D eigenvalue weighted by Crippen LogP contribution is -2.28. The van der Waals surface area contributed by atoms with Gasteiger partial charge in [-0.2, -0.15) is 5.26 Å². The van der Waals surface area contributed by atoms with E-state index < -0.39 is 0 Å². The SMILES string of the molecule is CCC(C)(C)C1CCc2c(sc(NC(=O)CSc3nnc(-c4ccccc4Cl)n3C)c2C#N)C1. The first-order chi connectivity index (χ1) is 16.2. The van der Waals surface area contributed by atoms with Crippen LogP contribution in [0.1, 0.15) is 49.6 Å². The Kier molecular flexibility index (Phi) is 7.36. The van der Waals surface area contributed by atoms with Gasteiger partial charge in [0.15, 0.2) is 11.0 Å². The minimum Gasteiger partial charge on any atom is -0.316 e. The Balaban J connectivity index is 1.44. The highest BCUT2D eigenvalue weighted by molar-refractivity contribution is 7.99. The van der Waals surface area contributed by atoms with Crippen molar-refractivity contribution in [2.75, 3.05) is 11.1 Å². The molecule has 0 radical (unpaired) electrons. The molecule has 0 aliphatic heterocycles. The van der Waals surface area contributed by atoms with Crippen molar-refractivity contribution in [3.05, 3.63) is 45.3 Å². The molecule has 0 bridgehead atoms. The Hall–Kier alpha value is -2.34. The zero-order valence-corrected chi connectivity index (χ0v) is 22.2. The number of carbonyl (C=O) groups is 1. The largest absolute Gasteiger partial charge is 0.316 e. The smallest absolute Gasteiger partial charge is 0.235 e. The average molecular weight is 514 g/mol. The van der Waals surface area contributed by atoms with Gasteiger partial charge in [-0.15, -0.1) is 21.5 Å². The molecule has 6 nitrogen and oxygen atoms in total. The van der Waals surface area contributed by atoms with Crippen LogP contribution < -0.4 is 5.32 Å². The van der Waals surface area contributed by atoms with Crippen LogP contribution in [0.5, 0.6) is 0 Å². The van der Waals surface area contributed by atoms with Crippen molar-refractivity contribution in [2.24, 2.45) is 18.4 Å². The van der Waals surface area contributed by atoms with E-state index in [0.29, 0.717) is 32.5 Å². The first-order valence-corrected chi connectivity index (χ1v) is 13.5.